The van der Waals surface area contributed by atoms with Gasteiger partial charge in [0.25, 0.3) is 0 Å². The van der Waals surface area contributed by atoms with Crippen LogP contribution in [0, 0.1) is 0 Å². The molecule has 0 radical (unpaired) electrons. The van der Waals surface area contributed by atoms with E-state index in [1.807, 2.05) is 116 Å². The third-order valence-electron chi connectivity index (χ3n) is 21.6. The molecule has 8 heterocycles. The van der Waals surface area contributed by atoms with E-state index < -0.39 is 0 Å². The molecule has 14 heteroatoms. The number of nitrogens with zero attached hydrogens (tertiary/aromatic N) is 14. The van der Waals surface area contributed by atoms with E-state index in [0.29, 0.717) is 11.9 Å². The molecule has 0 amide bonds. The van der Waals surface area contributed by atoms with Crippen LogP contribution in [0.1, 0.15) is 132 Å². The Kier molecular flexibility index (Phi) is 21.8. The van der Waals surface area contributed by atoms with Crippen LogP contribution in [0.15, 0.2) is 334 Å². The minimum absolute atomic E-state index is 0.0549. The molecule has 12 aromatic carbocycles. The molecule has 0 atom stereocenters. The van der Waals surface area contributed by atoms with Gasteiger partial charge in [0.1, 0.15) is 11.6 Å². The summed E-state index contributed by atoms with van der Waals surface area (Å²) in [6.07, 6.45) is 7.70. The summed E-state index contributed by atoms with van der Waals surface area (Å²) >= 11 is 0. The largest absolute Gasteiger partial charge is 0.309 e. The Morgan fingerprint density at radius 2 is 0.458 bits per heavy atom. The summed E-state index contributed by atoms with van der Waals surface area (Å²) < 4.78 is 8.83. The average Bonchev–Trinajstić information content (AvgIpc) is 1.59. The maximum Gasteiger partial charge on any atom is 0.239 e. The minimum atomic E-state index is -0.260. The van der Waals surface area contributed by atoms with E-state index in [9.17, 15) is 0 Å². The Labute approximate surface area is 702 Å². The first-order valence-electron chi connectivity index (χ1n) is 41.1. The molecule has 20 rings (SSSR count). The summed E-state index contributed by atoms with van der Waals surface area (Å²) in [5, 5.41) is 9.84. The highest BCUT2D eigenvalue weighted by atomic mass is 15.3. The quantitative estimate of drug-likeness (QED) is 0.151. The first-order valence-corrected chi connectivity index (χ1v) is 41.1. The van der Waals surface area contributed by atoms with E-state index in [2.05, 4.69) is 375 Å². The minimum Gasteiger partial charge on any atom is -0.309 e. The molecule has 20 aromatic rings. The van der Waals surface area contributed by atoms with Crippen molar-refractivity contribution < 1.29 is 0 Å². The number of aromatic nitrogens is 14. The molecule has 0 aliphatic carbocycles. The highest BCUT2D eigenvalue weighted by molar-refractivity contribution is 6.12. The first kappa shape index (κ1) is 79.8. The number of fused-ring (bicyclic) bond motifs is 12. The van der Waals surface area contributed by atoms with E-state index in [4.69, 9.17) is 15.0 Å². The smallest absolute Gasteiger partial charge is 0.239 e. The topological polar surface area (TPSA) is 149 Å². The lowest BCUT2D eigenvalue weighted by molar-refractivity contribution is 0.537. The molecule has 0 fully saturated rings. The predicted molar refractivity (Wildman–Crippen MR) is 497 cm³/mol. The Morgan fingerprint density at radius 1 is 0.192 bits per heavy atom. The van der Waals surface area contributed by atoms with Gasteiger partial charge in [0, 0.05) is 101 Å². The fourth-order valence-corrected chi connectivity index (χ4v) is 15.0. The standard InChI is InChI=1S/C31H25N5.C22H21N.C20H19N3.C19H19N3.C14H16N2/c1-31(2,3)28-32-29(35-24-16-8-4-12-20(24)21-13-5-9-17-25(21)35)34-30(33-28)36-26-18-10-6-14-22(26)23-15-7-11-19-27(23)36;1-22(2,3)16-13-14-21-19(15-16)18-11-7-8-12-20(18)23(21)17-9-5-4-6-10-17;1-20(2,3)14-12-21-19(22-13-14)23-17-10-6-4-8-15(17)16-9-5-7-11-18(16)23;1-19(2,3)18-21-16(14-10-6-4-7-11-14)20-17(22-18)15-12-8-5-9-13-15;1-14(2,3)12-9-15-13(16-10-12)11-7-5-4-6-8-11/h4-19H,1-3H3;4-15H,1-3H3;4-13H,1-3H3;4-13H,1-3H3;4-10H,1-3H3. The third-order valence-corrected chi connectivity index (χ3v) is 21.6. The van der Waals surface area contributed by atoms with Crippen LogP contribution >= 0.6 is 0 Å². The highest BCUT2D eigenvalue weighted by Gasteiger charge is 2.27. The molecule has 0 N–H and O–H groups in total. The molecule has 0 saturated carbocycles. The van der Waals surface area contributed by atoms with Gasteiger partial charge in [0.15, 0.2) is 17.5 Å². The molecular formula is C106H100N14. The second-order valence-electron chi connectivity index (χ2n) is 35.5. The normalized spacial score (nSPS) is 12.0. The van der Waals surface area contributed by atoms with Crippen molar-refractivity contribution in [3.63, 3.8) is 0 Å². The summed E-state index contributed by atoms with van der Waals surface area (Å²) in [5.41, 5.74) is 17.0. The fraction of sp³-hybridized carbons (Fsp3) is 0.189. The lowest BCUT2D eigenvalue weighted by Crippen LogP contribution is -2.20. The molecule has 8 aromatic heterocycles. The lowest BCUT2D eigenvalue weighted by Gasteiger charge is -2.19. The van der Waals surface area contributed by atoms with Crippen LogP contribution in [0.25, 0.3) is 145 Å². The lowest BCUT2D eigenvalue weighted by atomic mass is 9.86. The number of hydrogen-bond donors (Lipinski definition) is 0. The zero-order valence-corrected chi connectivity index (χ0v) is 71.0. The summed E-state index contributed by atoms with van der Waals surface area (Å²) in [6, 6.07) is 107. The monoisotopic (exact) mass is 1570 g/mol. The molecular weight excluding hydrogens is 1470 g/mol. The second kappa shape index (κ2) is 32.8. The molecule has 0 aliphatic rings. The number of hydrogen-bond acceptors (Lipinski definition) is 10. The summed E-state index contributed by atoms with van der Waals surface area (Å²) in [7, 11) is 0. The van der Waals surface area contributed by atoms with Gasteiger partial charge in [-0.3, -0.25) is 13.7 Å². The first-order chi connectivity index (χ1) is 57.7. The van der Waals surface area contributed by atoms with E-state index in [-0.39, 0.29) is 27.1 Å². The molecule has 0 spiro atoms. The van der Waals surface area contributed by atoms with Crippen molar-refractivity contribution in [3.05, 3.63) is 363 Å². The molecule has 0 unspecified atom stereocenters. The van der Waals surface area contributed by atoms with Gasteiger partial charge in [-0.25, -0.2) is 34.9 Å². The molecule has 0 bridgehead atoms. The number of rotatable bonds is 7. The van der Waals surface area contributed by atoms with Crippen LogP contribution in [0.3, 0.4) is 0 Å². The average molecular weight is 1570 g/mol. The van der Waals surface area contributed by atoms with Gasteiger partial charge in [-0.1, -0.05) is 347 Å². The molecule has 0 aliphatic heterocycles. The van der Waals surface area contributed by atoms with Crippen molar-refractivity contribution in [3.8, 4) is 57.7 Å². The van der Waals surface area contributed by atoms with Crippen LogP contribution in [0.5, 0.6) is 0 Å². The van der Waals surface area contributed by atoms with Gasteiger partial charge in [0.2, 0.25) is 17.8 Å². The Hall–Kier alpha value is -14.0. The predicted octanol–water partition coefficient (Wildman–Crippen LogP) is 26.3. The van der Waals surface area contributed by atoms with Crippen LogP contribution in [0.4, 0.5) is 0 Å². The van der Waals surface area contributed by atoms with Crippen LogP contribution < -0.4 is 0 Å². The van der Waals surface area contributed by atoms with E-state index in [1.54, 1.807) is 0 Å². The van der Waals surface area contributed by atoms with Crippen molar-refractivity contribution in [2.45, 2.75) is 131 Å². The van der Waals surface area contributed by atoms with Gasteiger partial charge < -0.3 is 4.57 Å². The van der Waals surface area contributed by atoms with Crippen LogP contribution in [-0.2, 0) is 27.1 Å². The second-order valence-corrected chi connectivity index (χ2v) is 35.5. The molecule has 0 saturated heterocycles. The molecule has 14 nitrogen and oxygen atoms in total. The van der Waals surface area contributed by atoms with Crippen LogP contribution in [-0.4, -0.2) is 68.1 Å². The summed E-state index contributed by atoms with van der Waals surface area (Å²) in [4.78, 5) is 47.3. The fourth-order valence-electron chi connectivity index (χ4n) is 15.0. The van der Waals surface area contributed by atoms with Gasteiger partial charge in [-0.15, -0.1) is 0 Å². The van der Waals surface area contributed by atoms with E-state index >= 15 is 0 Å². The zero-order chi connectivity index (χ0) is 83.7. The Bertz CT molecular complexity index is 6660. The van der Waals surface area contributed by atoms with Gasteiger partial charge >= 0.3 is 0 Å². The molecule has 594 valence electrons. The van der Waals surface area contributed by atoms with Gasteiger partial charge in [0.05, 0.1) is 44.1 Å². The summed E-state index contributed by atoms with van der Waals surface area (Å²) in [5.74, 6) is 5.77. The maximum atomic E-state index is 5.14. The Morgan fingerprint density at radius 3 is 0.792 bits per heavy atom. The SMILES string of the molecule is CC(C)(C)c1ccc2c(c1)c1ccccc1n2-c1ccccc1.CC(C)(C)c1cnc(-c2ccccc2)nc1.CC(C)(C)c1cnc(-n2c3ccccc3c3ccccc32)nc1.CC(C)(C)c1nc(-c2ccccc2)nc(-c2ccccc2)n1.CC(C)(C)c1nc(-n2c3ccccc3c3ccccc32)nc(-n2c3ccccc3c3ccccc32)n1. The van der Waals surface area contributed by atoms with Crippen molar-refractivity contribution in [1.29, 1.82) is 0 Å². The number of para-hydroxylation sites is 8. The van der Waals surface area contributed by atoms with Crippen LogP contribution in [0.2, 0.25) is 0 Å². The maximum absolute atomic E-state index is 5.14. The summed E-state index contributed by atoms with van der Waals surface area (Å²) in [6.45, 7) is 32.6. The Balaban J connectivity index is 0.000000115. The van der Waals surface area contributed by atoms with Crippen molar-refractivity contribution in [2.24, 2.45) is 0 Å². The van der Waals surface area contributed by atoms with Gasteiger partial charge in [-0.2, -0.15) is 15.0 Å². The van der Waals surface area contributed by atoms with Crippen molar-refractivity contribution in [1.82, 2.24) is 68.1 Å². The van der Waals surface area contributed by atoms with E-state index in [0.717, 1.165) is 96.0 Å². The van der Waals surface area contributed by atoms with Crippen molar-refractivity contribution >= 4 is 87.2 Å². The highest BCUT2D eigenvalue weighted by Crippen LogP contribution is 2.39. The zero-order valence-electron chi connectivity index (χ0n) is 71.0. The third kappa shape index (κ3) is 16.6. The van der Waals surface area contributed by atoms with Gasteiger partial charge in [-0.05, 0) is 99.7 Å². The molecule has 120 heavy (non-hydrogen) atoms. The number of benzene rings is 12. The van der Waals surface area contributed by atoms with E-state index in [1.165, 1.54) is 65.4 Å². The van der Waals surface area contributed by atoms with Crippen molar-refractivity contribution in [2.75, 3.05) is 0 Å².